The summed E-state index contributed by atoms with van der Waals surface area (Å²) in [6.45, 7) is -0.150. The van der Waals surface area contributed by atoms with E-state index in [-0.39, 0.29) is 6.61 Å². The number of hydrogen-bond donors (Lipinski definition) is 1. The van der Waals surface area contributed by atoms with E-state index >= 15 is 0 Å². The van der Waals surface area contributed by atoms with Crippen LogP contribution in [0, 0.1) is 11.6 Å². The van der Waals surface area contributed by atoms with Gasteiger partial charge < -0.3 is 4.74 Å². The topological polar surface area (TPSA) is 85.4 Å². The molecule has 0 fully saturated rings. The first kappa shape index (κ1) is 18.1. The molecule has 128 valence electrons. The number of halogens is 3. The third kappa shape index (κ3) is 4.87. The van der Waals surface area contributed by atoms with Crippen molar-refractivity contribution in [1.29, 1.82) is 0 Å². The van der Waals surface area contributed by atoms with Crippen molar-refractivity contribution in [3.05, 3.63) is 58.4 Å². The van der Waals surface area contributed by atoms with Gasteiger partial charge in [-0.2, -0.15) is 0 Å². The van der Waals surface area contributed by atoms with Crippen LogP contribution in [0.3, 0.4) is 0 Å². The fourth-order valence-corrected chi connectivity index (χ4v) is 2.24. The third-order valence-electron chi connectivity index (χ3n) is 2.71. The molecule has 0 bridgehead atoms. The Labute approximate surface area is 141 Å². The fraction of sp³-hybridized carbons (Fsp3) is 0.143. The SMILES string of the molecule is CS(=O)(=O)NC(=O)c1cc(F)c(OCc2ccc(Cl)cn2)cc1F. The van der Waals surface area contributed by atoms with Gasteiger partial charge in [0.2, 0.25) is 10.0 Å². The molecule has 2 aromatic rings. The van der Waals surface area contributed by atoms with Gasteiger partial charge in [-0.3, -0.25) is 9.78 Å². The minimum absolute atomic E-state index is 0.150. The van der Waals surface area contributed by atoms with Crippen molar-refractivity contribution in [2.45, 2.75) is 6.61 Å². The Balaban J connectivity index is 2.17. The molecule has 6 nitrogen and oxygen atoms in total. The third-order valence-corrected chi connectivity index (χ3v) is 3.49. The summed E-state index contributed by atoms with van der Waals surface area (Å²) in [6.07, 6.45) is 2.09. The standard InChI is InChI=1S/C14H11ClF2N2O4S/c1-24(21,22)19-14(20)10-4-12(17)13(5-11(10)16)23-7-9-3-2-8(15)6-18-9/h2-6H,7H2,1H3,(H,19,20). The van der Waals surface area contributed by atoms with Crippen LogP contribution in [0.5, 0.6) is 5.75 Å². The number of pyridine rings is 1. The number of sulfonamides is 1. The number of carbonyl (C=O) groups is 1. The summed E-state index contributed by atoms with van der Waals surface area (Å²) in [5, 5.41) is 0.414. The lowest BCUT2D eigenvalue weighted by atomic mass is 10.2. The molecule has 1 aromatic carbocycles. The first-order chi connectivity index (χ1) is 11.2. The van der Waals surface area contributed by atoms with Crippen molar-refractivity contribution in [1.82, 2.24) is 9.71 Å². The van der Waals surface area contributed by atoms with E-state index in [2.05, 4.69) is 4.98 Å². The number of carbonyl (C=O) groups excluding carboxylic acids is 1. The molecule has 1 heterocycles. The smallest absolute Gasteiger partial charge is 0.267 e. The van der Waals surface area contributed by atoms with Gasteiger partial charge in [0.05, 0.1) is 22.5 Å². The van der Waals surface area contributed by atoms with Crippen LogP contribution in [0.2, 0.25) is 5.02 Å². The summed E-state index contributed by atoms with van der Waals surface area (Å²) < 4.78 is 56.4. The summed E-state index contributed by atoms with van der Waals surface area (Å²) in [5.74, 6) is -3.87. The van der Waals surface area contributed by atoms with E-state index in [1.54, 1.807) is 16.9 Å². The second-order valence-corrected chi connectivity index (χ2v) is 6.91. The van der Waals surface area contributed by atoms with Crippen molar-refractivity contribution >= 4 is 27.5 Å². The molecule has 1 aromatic heterocycles. The van der Waals surface area contributed by atoms with Gasteiger partial charge in [-0.1, -0.05) is 11.6 Å². The monoisotopic (exact) mass is 376 g/mol. The van der Waals surface area contributed by atoms with Crippen molar-refractivity contribution in [3.63, 3.8) is 0 Å². The van der Waals surface area contributed by atoms with Crippen molar-refractivity contribution in [3.8, 4) is 5.75 Å². The van der Waals surface area contributed by atoms with E-state index in [4.69, 9.17) is 16.3 Å². The molecule has 0 radical (unpaired) electrons. The number of rotatable bonds is 5. The average Bonchev–Trinajstić information content (AvgIpc) is 2.47. The lowest BCUT2D eigenvalue weighted by Crippen LogP contribution is -2.30. The maximum atomic E-state index is 13.9. The minimum atomic E-state index is -3.90. The maximum Gasteiger partial charge on any atom is 0.267 e. The lowest BCUT2D eigenvalue weighted by molar-refractivity contribution is 0.0977. The van der Waals surface area contributed by atoms with Gasteiger partial charge >= 0.3 is 0 Å². The molecule has 0 saturated heterocycles. The first-order valence-corrected chi connectivity index (χ1v) is 8.67. The predicted octanol–water partition coefficient (Wildman–Crippen LogP) is 2.28. The van der Waals surface area contributed by atoms with E-state index < -0.39 is 38.9 Å². The van der Waals surface area contributed by atoms with E-state index in [1.807, 2.05) is 0 Å². The van der Waals surface area contributed by atoms with Crippen LogP contribution < -0.4 is 9.46 Å². The highest BCUT2D eigenvalue weighted by molar-refractivity contribution is 7.89. The fourth-order valence-electron chi connectivity index (χ4n) is 1.68. The molecular formula is C14H11ClF2N2O4S. The molecule has 0 spiro atoms. The second-order valence-electron chi connectivity index (χ2n) is 4.72. The van der Waals surface area contributed by atoms with Crippen molar-refractivity contribution in [2.24, 2.45) is 0 Å². The zero-order valence-electron chi connectivity index (χ0n) is 12.2. The molecule has 10 heteroatoms. The van der Waals surface area contributed by atoms with E-state index in [0.29, 0.717) is 22.8 Å². The van der Waals surface area contributed by atoms with Gasteiger partial charge in [0, 0.05) is 12.3 Å². The Morgan fingerprint density at radius 2 is 2.00 bits per heavy atom. The van der Waals surface area contributed by atoms with Crippen LogP contribution in [0.25, 0.3) is 0 Å². The number of aromatic nitrogens is 1. The molecule has 24 heavy (non-hydrogen) atoms. The number of nitrogens with zero attached hydrogens (tertiary/aromatic N) is 1. The molecule has 0 aliphatic carbocycles. The molecule has 1 amide bonds. The van der Waals surface area contributed by atoms with Gasteiger partial charge in [0.25, 0.3) is 5.91 Å². The van der Waals surface area contributed by atoms with Gasteiger partial charge in [-0.15, -0.1) is 0 Å². The zero-order valence-corrected chi connectivity index (χ0v) is 13.8. The van der Waals surface area contributed by atoms with Crippen LogP contribution >= 0.6 is 11.6 Å². The summed E-state index contributed by atoms with van der Waals surface area (Å²) in [4.78, 5) is 15.5. The Kier molecular flexibility index (Phi) is 5.35. The van der Waals surface area contributed by atoms with Crippen LogP contribution in [0.15, 0.2) is 30.5 Å². The summed E-state index contributed by atoms with van der Waals surface area (Å²) >= 11 is 5.67. The Bertz CT molecular complexity index is 873. The van der Waals surface area contributed by atoms with Gasteiger partial charge in [-0.05, 0) is 18.2 Å². The summed E-state index contributed by atoms with van der Waals surface area (Å²) in [6, 6.07) is 4.32. The number of hydrogen-bond acceptors (Lipinski definition) is 5. The number of benzene rings is 1. The largest absolute Gasteiger partial charge is 0.484 e. The van der Waals surface area contributed by atoms with Gasteiger partial charge in [-0.25, -0.2) is 21.9 Å². The van der Waals surface area contributed by atoms with Crippen LogP contribution in [0.4, 0.5) is 8.78 Å². The quantitative estimate of drug-likeness (QED) is 0.865. The highest BCUT2D eigenvalue weighted by Gasteiger charge is 2.19. The molecule has 0 aliphatic heterocycles. The van der Waals surface area contributed by atoms with E-state index in [0.717, 1.165) is 6.26 Å². The van der Waals surface area contributed by atoms with Crippen LogP contribution in [0.1, 0.15) is 16.1 Å². The molecular weight excluding hydrogens is 366 g/mol. The average molecular weight is 377 g/mol. The normalized spacial score (nSPS) is 11.2. The molecule has 0 aliphatic rings. The first-order valence-electron chi connectivity index (χ1n) is 6.40. The summed E-state index contributed by atoms with van der Waals surface area (Å²) in [7, 11) is -3.90. The van der Waals surface area contributed by atoms with Crippen molar-refractivity contribution < 1.29 is 26.7 Å². The van der Waals surface area contributed by atoms with Crippen molar-refractivity contribution in [2.75, 3.05) is 6.26 Å². The Morgan fingerprint density at radius 1 is 1.29 bits per heavy atom. The highest BCUT2D eigenvalue weighted by Crippen LogP contribution is 2.23. The highest BCUT2D eigenvalue weighted by atomic mass is 35.5. The zero-order chi connectivity index (χ0) is 17.9. The van der Waals surface area contributed by atoms with E-state index in [9.17, 15) is 22.0 Å². The minimum Gasteiger partial charge on any atom is -0.484 e. The van der Waals surface area contributed by atoms with Crippen LogP contribution in [-0.4, -0.2) is 25.6 Å². The maximum absolute atomic E-state index is 13.9. The number of nitrogens with one attached hydrogen (secondary N) is 1. The Hall–Kier alpha value is -2.26. The molecule has 0 atom stereocenters. The molecule has 2 rings (SSSR count). The molecule has 1 N–H and O–H groups in total. The van der Waals surface area contributed by atoms with Crippen LogP contribution in [-0.2, 0) is 16.6 Å². The summed E-state index contributed by atoms with van der Waals surface area (Å²) in [5.41, 5.74) is -0.326. The molecule has 0 saturated carbocycles. The number of ether oxygens (including phenoxy) is 1. The van der Waals surface area contributed by atoms with E-state index in [1.165, 1.54) is 6.20 Å². The molecule has 0 unspecified atom stereocenters. The Morgan fingerprint density at radius 3 is 2.58 bits per heavy atom. The predicted molar refractivity (Wildman–Crippen MR) is 82.2 cm³/mol. The second kappa shape index (κ2) is 7.10. The number of amides is 1. The lowest BCUT2D eigenvalue weighted by Gasteiger charge is -2.10. The van der Waals surface area contributed by atoms with Gasteiger partial charge in [0.1, 0.15) is 12.4 Å². The van der Waals surface area contributed by atoms with Gasteiger partial charge in [0.15, 0.2) is 11.6 Å².